The van der Waals surface area contributed by atoms with Crippen LogP contribution in [-0.2, 0) is 9.53 Å². The summed E-state index contributed by atoms with van der Waals surface area (Å²) in [5.74, 6) is 0.0535. The van der Waals surface area contributed by atoms with Crippen LogP contribution in [-0.4, -0.2) is 41.7 Å². The third-order valence-electron chi connectivity index (χ3n) is 4.21. The molecule has 1 aromatic carbocycles. The molecule has 1 saturated heterocycles. The Kier molecular flexibility index (Phi) is 4.63. The largest absolute Gasteiger partial charge is 0.378 e. The van der Waals surface area contributed by atoms with Gasteiger partial charge in [-0.3, -0.25) is 4.79 Å². The number of carbonyl (C=O) groups is 1. The Morgan fingerprint density at radius 3 is 2.52 bits per heavy atom. The van der Waals surface area contributed by atoms with Gasteiger partial charge in [0, 0.05) is 36.2 Å². The van der Waals surface area contributed by atoms with Crippen molar-refractivity contribution in [3.63, 3.8) is 0 Å². The number of morpholine rings is 1. The molecule has 1 fully saturated rings. The van der Waals surface area contributed by atoms with Crippen molar-refractivity contribution in [2.75, 3.05) is 26.3 Å². The molecule has 1 amide bonds. The Morgan fingerprint density at radius 1 is 1.13 bits per heavy atom. The maximum atomic E-state index is 12.2. The Balaban J connectivity index is 1.81. The van der Waals surface area contributed by atoms with Crippen LogP contribution in [0.1, 0.15) is 17.0 Å². The van der Waals surface area contributed by atoms with E-state index in [4.69, 9.17) is 4.74 Å². The smallest absolute Gasteiger partial charge is 0.246 e. The van der Waals surface area contributed by atoms with Gasteiger partial charge < -0.3 is 14.2 Å². The predicted molar refractivity (Wildman–Crippen MR) is 91.7 cm³/mol. The van der Waals surface area contributed by atoms with Crippen molar-refractivity contribution in [2.24, 2.45) is 0 Å². The summed E-state index contributed by atoms with van der Waals surface area (Å²) < 4.78 is 7.49. The summed E-state index contributed by atoms with van der Waals surface area (Å²) in [7, 11) is 0. The van der Waals surface area contributed by atoms with E-state index >= 15 is 0 Å². The fraction of sp³-hybridized carbons (Fsp3) is 0.316. The summed E-state index contributed by atoms with van der Waals surface area (Å²) in [6.07, 6.45) is 3.59. The molecule has 4 heteroatoms. The highest BCUT2D eigenvalue weighted by Crippen LogP contribution is 2.21. The van der Waals surface area contributed by atoms with Gasteiger partial charge in [0.15, 0.2) is 0 Å². The van der Waals surface area contributed by atoms with Crippen molar-refractivity contribution < 1.29 is 9.53 Å². The molecule has 1 aliphatic heterocycles. The zero-order valence-electron chi connectivity index (χ0n) is 13.7. The number of aromatic nitrogens is 1. The van der Waals surface area contributed by atoms with E-state index < -0.39 is 0 Å². The molecule has 0 aliphatic carbocycles. The zero-order chi connectivity index (χ0) is 16.2. The number of amides is 1. The number of benzene rings is 1. The van der Waals surface area contributed by atoms with E-state index in [9.17, 15) is 4.79 Å². The minimum atomic E-state index is 0.0535. The second kappa shape index (κ2) is 6.84. The second-order valence-electron chi connectivity index (χ2n) is 5.77. The van der Waals surface area contributed by atoms with E-state index in [1.165, 1.54) is 0 Å². The molecule has 2 heterocycles. The molecule has 4 nitrogen and oxygen atoms in total. The zero-order valence-corrected chi connectivity index (χ0v) is 13.7. The third kappa shape index (κ3) is 3.37. The van der Waals surface area contributed by atoms with E-state index in [2.05, 4.69) is 36.6 Å². The maximum absolute atomic E-state index is 12.2. The number of aryl methyl sites for hydroxylation is 1. The van der Waals surface area contributed by atoms with Gasteiger partial charge in [-0.1, -0.05) is 18.2 Å². The minimum Gasteiger partial charge on any atom is -0.378 e. The monoisotopic (exact) mass is 310 g/mol. The third-order valence-corrected chi connectivity index (χ3v) is 4.21. The van der Waals surface area contributed by atoms with Crippen molar-refractivity contribution in [3.8, 4) is 5.69 Å². The summed E-state index contributed by atoms with van der Waals surface area (Å²) >= 11 is 0. The number of hydrogen-bond donors (Lipinski definition) is 0. The Morgan fingerprint density at radius 2 is 1.83 bits per heavy atom. The number of carbonyl (C=O) groups excluding carboxylic acids is 1. The minimum absolute atomic E-state index is 0.0535. The van der Waals surface area contributed by atoms with Crippen molar-refractivity contribution in [1.29, 1.82) is 0 Å². The lowest BCUT2D eigenvalue weighted by atomic mass is 10.2. The molecule has 1 aliphatic rings. The molecule has 0 bridgehead atoms. The van der Waals surface area contributed by atoms with Gasteiger partial charge in [-0.2, -0.15) is 0 Å². The molecule has 0 saturated carbocycles. The van der Waals surface area contributed by atoms with E-state index in [1.54, 1.807) is 6.08 Å². The molecule has 2 aromatic rings. The molecule has 0 radical (unpaired) electrons. The summed E-state index contributed by atoms with van der Waals surface area (Å²) in [5.41, 5.74) is 4.52. The molecular weight excluding hydrogens is 288 g/mol. The second-order valence-corrected chi connectivity index (χ2v) is 5.77. The number of hydrogen-bond acceptors (Lipinski definition) is 2. The average Bonchev–Trinajstić information content (AvgIpc) is 2.88. The normalized spacial score (nSPS) is 15.3. The highest BCUT2D eigenvalue weighted by atomic mass is 16.5. The fourth-order valence-electron chi connectivity index (χ4n) is 2.98. The van der Waals surface area contributed by atoms with Gasteiger partial charge in [0.1, 0.15) is 0 Å². The molecule has 0 N–H and O–H groups in total. The first kappa shape index (κ1) is 15.6. The van der Waals surface area contributed by atoms with Gasteiger partial charge in [-0.15, -0.1) is 0 Å². The first-order chi connectivity index (χ1) is 11.2. The fourth-order valence-corrected chi connectivity index (χ4v) is 2.98. The Bertz CT molecular complexity index is 710. The Hall–Kier alpha value is -2.33. The van der Waals surface area contributed by atoms with Gasteiger partial charge in [-0.25, -0.2) is 0 Å². The van der Waals surface area contributed by atoms with Crippen LogP contribution in [0.3, 0.4) is 0 Å². The van der Waals surface area contributed by atoms with E-state index in [-0.39, 0.29) is 5.91 Å². The first-order valence-corrected chi connectivity index (χ1v) is 7.96. The number of para-hydroxylation sites is 1. The van der Waals surface area contributed by atoms with Crippen LogP contribution in [0.4, 0.5) is 0 Å². The van der Waals surface area contributed by atoms with E-state index in [0.717, 1.165) is 22.6 Å². The van der Waals surface area contributed by atoms with Crippen LogP contribution in [0.5, 0.6) is 0 Å². The van der Waals surface area contributed by atoms with Crippen LogP contribution in [0.25, 0.3) is 11.8 Å². The molecule has 23 heavy (non-hydrogen) atoms. The first-order valence-electron chi connectivity index (χ1n) is 7.96. The standard InChI is InChI=1S/C19H22N2O2/c1-15-14-17(8-9-19(22)20-10-12-23-13-11-20)16(2)21(15)18-6-4-3-5-7-18/h3-9,14H,10-13H2,1-2H3/b9-8+. The van der Waals surface area contributed by atoms with Gasteiger partial charge in [0.25, 0.3) is 0 Å². The molecule has 120 valence electrons. The van der Waals surface area contributed by atoms with E-state index in [0.29, 0.717) is 26.3 Å². The quantitative estimate of drug-likeness (QED) is 0.817. The van der Waals surface area contributed by atoms with Gasteiger partial charge >= 0.3 is 0 Å². The average molecular weight is 310 g/mol. The van der Waals surface area contributed by atoms with Crippen molar-refractivity contribution >= 4 is 12.0 Å². The molecule has 3 rings (SSSR count). The molecular formula is C19H22N2O2. The molecule has 0 unspecified atom stereocenters. The van der Waals surface area contributed by atoms with Gasteiger partial charge in [0.2, 0.25) is 5.91 Å². The van der Waals surface area contributed by atoms with Crippen LogP contribution in [0.2, 0.25) is 0 Å². The lowest BCUT2D eigenvalue weighted by Crippen LogP contribution is -2.39. The predicted octanol–water partition coefficient (Wildman–Crippen LogP) is 2.97. The number of nitrogens with zero attached hydrogens (tertiary/aromatic N) is 2. The summed E-state index contributed by atoms with van der Waals surface area (Å²) in [5, 5.41) is 0. The highest BCUT2D eigenvalue weighted by Gasteiger charge is 2.14. The van der Waals surface area contributed by atoms with Crippen molar-refractivity contribution in [1.82, 2.24) is 9.47 Å². The number of ether oxygens (including phenoxy) is 1. The summed E-state index contributed by atoms with van der Waals surface area (Å²) in [6, 6.07) is 12.4. The van der Waals surface area contributed by atoms with Gasteiger partial charge in [0.05, 0.1) is 13.2 Å². The van der Waals surface area contributed by atoms with Crippen LogP contribution in [0, 0.1) is 13.8 Å². The lowest BCUT2D eigenvalue weighted by molar-refractivity contribution is -0.129. The van der Waals surface area contributed by atoms with Crippen LogP contribution >= 0.6 is 0 Å². The number of rotatable bonds is 3. The summed E-state index contributed by atoms with van der Waals surface area (Å²) in [6.45, 7) is 6.77. The van der Waals surface area contributed by atoms with Crippen LogP contribution in [0.15, 0.2) is 42.5 Å². The Labute approximate surface area is 137 Å². The van der Waals surface area contributed by atoms with Crippen molar-refractivity contribution in [3.05, 3.63) is 59.4 Å². The topological polar surface area (TPSA) is 34.5 Å². The van der Waals surface area contributed by atoms with E-state index in [1.807, 2.05) is 29.2 Å². The lowest BCUT2D eigenvalue weighted by Gasteiger charge is -2.25. The molecule has 1 aromatic heterocycles. The van der Waals surface area contributed by atoms with Crippen LogP contribution < -0.4 is 0 Å². The SMILES string of the molecule is Cc1cc(/C=C/C(=O)N2CCOCC2)c(C)n1-c1ccccc1. The van der Waals surface area contributed by atoms with Gasteiger partial charge in [-0.05, 0) is 43.7 Å². The summed E-state index contributed by atoms with van der Waals surface area (Å²) in [4.78, 5) is 14.1. The highest BCUT2D eigenvalue weighted by molar-refractivity contribution is 5.92. The molecule has 0 spiro atoms. The molecule has 0 atom stereocenters. The van der Waals surface area contributed by atoms with Crippen molar-refractivity contribution in [2.45, 2.75) is 13.8 Å². The maximum Gasteiger partial charge on any atom is 0.246 e.